The van der Waals surface area contributed by atoms with Crippen LogP contribution in [0.25, 0.3) is 0 Å². The first kappa shape index (κ1) is 10.4. The first-order valence-electron chi connectivity index (χ1n) is 5.33. The third-order valence-corrected chi connectivity index (χ3v) is 5.84. The third kappa shape index (κ3) is 1.48. The number of nitrogens with one attached hydrogen (secondary N) is 1. The van der Waals surface area contributed by atoms with Crippen molar-refractivity contribution in [2.24, 2.45) is 5.41 Å². The highest BCUT2D eigenvalue weighted by molar-refractivity contribution is 7.92. The first-order chi connectivity index (χ1) is 6.43. The molecule has 3 nitrogen and oxygen atoms in total. The molecule has 0 atom stereocenters. The molecule has 1 N–H and O–H groups in total. The molecule has 0 bridgehead atoms. The molecule has 0 aromatic heterocycles. The maximum Gasteiger partial charge on any atom is 0.154 e. The van der Waals surface area contributed by atoms with Gasteiger partial charge < -0.3 is 5.32 Å². The Morgan fingerprint density at radius 2 is 1.86 bits per heavy atom. The molecular formula is C10H19NO2S. The Balaban J connectivity index is 2.08. The van der Waals surface area contributed by atoms with E-state index in [9.17, 15) is 8.42 Å². The average Bonchev–Trinajstić information content (AvgIpc) is 2.75. The number of rotatable bonds is 4. The van der Waals surface area contributed by atoms with E-state index in [2.05, 4.69) is 5.32 Å². The van der Waals surface area contributed by atoms with Crippen molar-refractivity contribution in [1.29, 1.82) is 0 Å². The average molecular weight is 217 g/mol. The minimum atomic E-state index is -2.89. The van der Waals surface area contributed by atoms with Crippen LogP contribution in [-0.4, -0.2) is 32.5 Å². The molecule has 0 radical (unpaired) electrons. The first-order valence-corrected chi connectivity index (χ1v) is 7.23. The van der Waals surface area contributed by atoms with Crippen molar-refractivity contribution in [3.63, 3.8) is 0 Å². The van der Waals surface area contributed by atoms with Crippen LogP contribution in [0.2, 0.25) is 0 Å². The highest BCUT2D eigenvalue weighted by Gasteiger charge is 2.64. The van der Waals surface area contributed by atoms with Crippen molar-refractivity contribution in [3.05, 3.63) is 0 Å². The van der Waals surface area contributed by atoms with E-state index >= 15 is 0 Å². The minimum Gasteiger partial charge on any atom is -0.315 e. The van der Waals surface area contributed by atoms with Crippen LogP contribution in [0.5, 0.6) is 0 Å². The lowest BCUT2D eigenvalue weighted by Gasteiger charge is -2.47. The zero-order chi connectivity index (χ0) is 10.4. The highest BCUT2D eigenvalue weighted by Crippen LogP contribution is 2.66. The predicted molar refractivity (Wildman–Crippen MR) is 57.0 cm³/mol. The molecule has 2 aliphatic rings. The van der Waals surface area contributed by atoms with Gasteiger partial charge in [0, 0.05) is 12.8 Å². The number of hydrogen-bond acceptors (Lipinski definition) is 3. The van der Waals surface area contributed by atoms with E-state index in [1.807, 2.05) is 6.92 Å². The molecular weight excluding hydrogens is 198 g/mol. The van der Waals surface area contributed by atoms with Gasteiger partial charge in [-0.3, -0.25) is 0 Å². The number of hydrogen-bond donors (Lipinski definition) is 1. The standard InChI is InChI=1S/C10H19NO2S/c1-3-11-8-10(14(2,12)13)6-9(7-10)4-5-9/h11H,3-8H2,1-2H3. The minimum absolute atomic E-state index is 0.431. The molecule has 0 amide bonds. The van der Waals surface area contributed by atoms with Crippen LogP contribution in [0.1, 0.15) is 32.6 Å². The van der Waals surface area contributed by atoms with Gasteiger partial charge in [0.05, 0.1) is 4.75 Å². The van der Waals surface area contributed by atoms with Gasteiger partial charge in [0.2, 0.25) is 0 Å². The monoisotopic (exact) mass is 217 g/mol. The van der Waals surface area contributed by atoms with Crippen molar-refractivity contribution in [3.8, 4) is 0 Å². The predicted octanol–water partition coefficient (Wildman–Crippen LogP) is 0.953. The maximum absolute atomic E-state index is 11.7. The molecule has 2 fully saturated rings. The second-order valence-corrected chi connectivity index (χ2v) is 7.50. The second kappa shape index (κ2) is 2.95. The molecule has 0 unspecified atom stereocenters. The zero-order valence-corrected chi connectivity index (χ0v) is 9.78. The van der Waals surface area contributed by atoms with Crippen LogP contribution in [0.3, 0.4) is 0 Å². The lowest BCUT2D eigenvalue weighted by molar-refractivity contribution is 0.189. The fourth-order valence-corrected chi connectivity index (χ4v) is 4.22. The molecule has 2 aliphatic carbocycles. The fraction of sp³-hybridized carbons (Fsp3) is 1.00. The van der Waals surface area contributed by atoms with Crippen molar-refractivity contribution in [1.82, 2.24) is 5.32 Å². The summed E-state index contributed by atoms with van der Waals surface area (Å²) in [7, 11) is -2.89. The van der Waals surface area contributed by atoms with Gasteiger partial charge in [-0.15, -0.1) is 0 Å². The largest absolute Gasteiger partial charge is 0.315 e. The topological polar surface area (TPSA) is 46.2 Å². The molecule has 1 spiro atoms. The second-order valence-electron chi connectivity index (χ2n) is 5.09. The summed E-state index contributed by atoms with van der Waals surface area (Å²) in [5.41, 5.74) is 0.443. The van der Waals surface area contributed by atoms with Gasteiger partial charge in [-0.25, -0.2) is 8.42 Å². The summed E-state index contributed by atoms with van der Waals surface area (Å²) in [5.74, 6) is 0. The summed E-state index contributed by atoms with van der Waals surface area (Å²) in [6, 6.07) is 0. The molecule has 0 heterocycles. The molecule has 82 valence electrons. The zero-order valence-electron chi connectivity index (χ0n) is 8.97. The van der Waals surface area contributed by atoms with E-state index in [-0.39, 0.29) is 0 Å². The van der Waals surface area contributed by atoms with E-state index in [0.717, 1.165) is 19.4 Å². The van der Waals surface area contributed by atoms with Crippen LogP contribution in [-0.2, 0) is 9.84 Å². The van der Waals surface area contributed by atoms with Gasteiger partial charge in [0.1, 0.15) is 0 Å². The van der Waals surface area contributed by atoms with Crippen LogP contribution < -0.4 is 5.32 Å². The lowest BCUT2D eigenvalue weighted by Crippen LogP contribution is -2.57. The Bertz CT molecular complexity index is 322. The van der Waals surface area contributed by atoms with Crippen LogP contribution in [0.15, 0.2) is 0 Å². The number of sulfone groups is 1. The molecule has 2 saturated carbocycles. The smallest absolute Gasteiger partial charge is 0.154 e. The van der Waals surface area contributed by atoms with E-state index in [4.69, 9.17) is 0 Å². The normalized spacial score (nSPS) is 27.3. The summed E-state index contributed by atoms with van der Waals surface area (Å²) >= 11 is 0. The lowest BCUT2D eigenvalue weighted by atomic mass is 9.71. The summed E-state index contributed by atoms with van der Waals surface area (Å²) in [6.07, 6.45) is 5.67. The van der Waals surface area contributed by atoms with E-state index in [1.165, 1.54) is 19.1 Å². The summed E-state index contributed by atoms with van der Waals surface area (Å²) in [4.78, 5) is 0. The molecule has 0 aliphatic heterocycles. The molecule has 14 heavy (non-hydrogen) atoms. The molecule has 4 heteroatoms. The third-order valence-electron chi connectivity index (χ3n) is 3.84. The van der Waals surface area contributed by atoms with Crippen LogP contribution >= 0.6 is 0 Å². The van der Waals surface area contributed by atoms with Gasteiger partial charge in [-0.2, -0.15) is 0 Å². The van der Waals surface area contributed by atoms with Gasteiger partial charge in [-0.05, 0) is 37.6 Å². The Hall–Kier alpha value is -0.0900. The highest BCUT2D eigenvalue weighted by atomic mass is 32.2. The fourth-order valence-electron chi connectivity index (χ4n) is 2.72. The van der Waals surface area contributed by atoms with Gasteiger partial charge >= 0.3 is 0 Å². The Morgan fingerprint density at radius 1 is 1.29 bits per heavy atom. The van der Waals surface area contributed by atoms with Gasteiger partial charge in [0.15, 0.2) is 9.84 Å². The Kier molecular flexibility index (Phi) is 2.20. The quantitative estimate of drug-likeness (QED) is 0.762. The molecule has 2 rings (SSSR count). The van der Waals surface area contributed by atoms with E-state index in [0.29, 0.717) is 12.0 Å². The summed E-state index contributed by atoms with van der Waals surface area (Å²) < 4.78 is 23.0. The van der Waals surface area contributed by atoms with E-state index in [1.54, 1.807) is 0 Å². The SMILES string of the molecule is CCNCC1(S(C)(=O)=O)CC2(CC2)C1. The molecule has 0 saturated heterocycles. The van der Waals surface area contributed by atoms with Gasteiger partial charge in [-0.1, -0.05) is 6.92 Å². The summed E-state index contributed by atoms with van der Waals surface area (Å²) in [6.45, 7) is 3.51. The molecule has 0 aromatic carbocycles. The Labute approximate surface area is 86.2 Å². The van der Waals surface area contributed by atoms with Crippen molar-refractivity contribution < 1.29 is 8.42 Å². The van der Waals surface area contributed by atoms with Crippen LogP contribution in [0, 0.1) is 5.41 Å². The van der Waals surface area contributed by atoms with E-state index < -0.39 is 14.6 Å². The van der Waals surface area contributed by atoms with Crippen LogP contribution in [0.4, 0.5) is 0 Å². The van der Waals surface area contributed by atoms with Crippen molar-refractivity contribution in [2.75, 3.05) is 19.3 Å². The van der Waals surface area contributed by atoms with Crippen molar-refractivity contribution >= 4 is 9.84 Å². The van der Waals surface area contributed by atoms with Crippen molar-refractivity contribution in [2.45, 2.75) is 37.4 Å². The summed E-state index contributed by atoms with van der Waals surface area (Å²) in [5, 5.41) is 3.18. The maximum atomic E-state index is 11.7. The molecule has 0 aromatic rings. The Morgan fingerprint density at radius 3 is 2.21 bits per heavy atom. The van der Waals surface area contributed by atoms with Gasteiger partial charge in [0.25, 0.3) is 0 Å².